The van der Waals surface area contributed by atoms with Gasteiger partial charge >= 0.3 is 0 Å². The molecule has 1 aliphatic heterocycles. The standard InChI is InChI=1S/C19H19N3O4/c20-19(25)13-10-18(24)22(11-13)15-6-8-16(9-7-15)26-12-17(23)21-14-4-2-1-3-5-14/h1-9,13H,10-12H2,(H2,20,25)(H,21,23). The average Bonchev–Trinajstić information content (AvgIpc) is 3.03. The Morgan fingerprint density at radius 1 is 1.12 bits per heavy atom. The molecule has 0 aliphatic carbocycles. The van der Waals surface area contributed by atoms with Crippen LogP contribution in [0.2, 0.25) is 0 Å². The number of hydrogen-bond donors (Lipinski definition) is 2. The first-order valence-corrected chi connectivity index (χ1v) is 8.20. The van der Waals surface area contributed by atoms with Crippen molar-refractivity contribution in [1.82, 2.24) is 0 Å². The van der Waals surface area contributed by atoms with Crippen LogP contribution < -0.4 is 20.7 Å². The summed E-state index contributed by atoms with van der Waals surface area (Å²) in [4.78, 5) is 36.6. The summed E-state index contributed by atoms with van der Waals surface area (Å²) in [6.45, 7) is 0.161. The van der Waals surface area contributed by atoms with Gasteiger partial charge in [0.1, 0.15) is 5.75 Å². The van der Waals surface area contributed by atoms with E-state index >= 15 is 0 Å². The molecule has 2 aromatic rings. The molecule has 0 spiro atoms. The molecular formula is C19H19N3O4. The Bertz CT molecular complexity index is 805. The largest absolute Gasteiger partial charge is 0.484 e. The molecule has 1 saturated heterocycles. The molecule has 2 aromatic carbocycles. The number of rotatable bonds is 6. The van der Waals surface area contributed by atoms with Gasteiger partial charge in [-0.2, -0.15) is 0 Å². The van der Waals surface area contributed by atoms with Crippen LogP contribution in [0.25, 0.3) is 0 Å². The van der Waals surface area contributed by atoms with Crippen LogP contribution in [0.3, 0.4) is 0 Å². The zero-order valence-corrected chi connectivity index (χ0v) is 14.1. The number of anilines is 2. The minimum absolute atomic E-state index is 0.124. The molecule has 1 fully saturated rings. The Hall–Kier alpha value is -3.35. The number of nitrogens with zero attached hydrogens (tertiary/aromatic N) is 1. The van der Waals surface area contributed by atoms with Gasteiger partial charge in [-0.1, -0.05) is 18.2 Å². The number of hydrogen-bond acceptors (Lipinski definition) is 4. The van der Waals surface area contributed by atoms with Crippen LogP contribution in [0.4, 0.5) is 11.4 Å². The van der Waals surface area contributed by atoms with Crippen molar-refractivity contribution in [2.75, 3.05) is 23.4 Å². The van der Waals surface area contributed by atoms with E-state index in [-0.39, 0.29) is 31.4 Å². The third-order valence-corrected chi connectivity index (χ3v) is 4.10. The van der Waals surface area contributed by atoms with Crippen LogP contribution in [-0.2, 0) is 14.4 Å². The van der Waals surface area contributed by atoms with Crippen molar-refractivity contribution >= 4 is 29.1 Å². The molecule has 0 radical (unpaired) electrons. The molecule has 134 valence electrons. The number of amides is 3. The first-order chi connectivity index (χ1) is 12.5. The Labute approximate surface area is 150 Å². The second-order valence-corrected chi connectivity index (χ2v) is 6.00. The third kappa shape index (κ3) is 4.18. The number of ether oxygens (including phenoxy) is 1. The van der Waals surface area contributed by atoms with Crippen molar-refractivity contribution in [1.29, 1.82) is 0 Å². The van der Waals surface area contributed by atoms with Gasteiger partial charge in [0.2, 0.25) is 11.8 Å². The summed E-state index contributed by atoms with van der Waals surface area (Å²) in [6.07, 6.45) is 0.132. The van der Waals surface area contributed by atoms with Crippen LogP contribution in [0.15, 0.2) is 54.6 Å². The first-order valence-electron chi connectivity index (χ1n) is 8.20. The number of nitrogens with one attached hydrogen (secondary N) is 1. The van der Waals surface area contributed by atoms with Crippen molar-refractivity contribution in [3.05, 3.63) is 54.6 Å². The summed E-state index contributed by atoms with van der Waals surface area (Å²) < 4.78 is 5.45. The zero-order valence-electron chi connectivity index (χ0n) is 14.1. The number of nitrogens with two attached hydrogens (primary N) is 1. The van der Waals surface area contributed by atoms with Crippen LogP contribution >= 0.6 is 0 Å². The van der Waals surface area contributed by atoms with Gasteiger partial charge in [0.05, 0.1) is 5.92 Å². The van der Waals surface area contributed by atoms with Gasteiger partial charge in [0, 0.05) is 24.3 Å². The third-order valence-electron chi connectivity index (χ3n) is 4.10. The molecule has 7 nitrogen and oxygen atoms in total. The summed E-state index contributed by atoms with van der Waals surface area (Å²) in [5, 5.41) is 2.73. The van der Waals surface area contributed by atoms with E-state index in [1.165, 1.54) is 4.90 Å². The van der Waals surface area contributed by atoms with Crippen LogP contribution in [0.1, 0.15) is 6.42 Å². The molecule has 0 saturated carbocycles. The molecule has 1 aliphatic rings. The highest BCUT2D eigenvalue weighted by molar-refractivity contribution is 6.00. The second-order valence-electron chi connectivity index (χ2n) is 6.00. The first kappa shape index (κ1) is 17.5. The fourth-order valence-corrected chi connectivity index (χ4v) is 2.74. The van der Waals surface area contributed by atoms with E-state index in [2.05, 4.69) is 5.32 Å². The summed E-state index contributed by atoms with van der Waals surface area (Å²) in [7, 11) is 0. The summed E-state index contributed by atoms with van der Waals surface area (Å²) >= 11 is 0. The SMILES string of the molecule is NC(=O)C1CC(=O)N(c2ccc(OCC(=O)Nc3ccccc3)cc2)C1. The zero-order chi connectivity index (χ0) is 18.5. The van der Waals surface area contributed by atoms with Gasteiger partial charge in [-0.15, -0.1) is 0 Å². The molecule has 3 N–H and O–H groups in total. The van der Waals surface area contributed by atoms with Gasteiger partial charge in [-0.05, 0) is 36.4 Å². The fourth-order valence-electron chi connectivity index (χ4n) is 2.74. The van der Waals surface area contributed by atoms with E-state index in [1.807, 2.05) is 18.2 Å². The molecular weight excluding hydrogens is 334 g/mol. The van der Waals surface area contributed by atoms with E-state index < -0.39 is 11.8 Å². The minimum atomic E-state index is -0.467. The molecule has 1 heterocycles. The predicted molar refractivity (Wildman–Crippen MR) is 96.7 cm³/mol. The Kier molecular flexibility index (Phi) is 5.17. The summed E-state index contributed by atoms with van der Waals surface area (Å²) in [5.41, 5.74) is 6.64. The number of carbonyl (C=O) groups is 3. The van der Waals surface area contributed by atoms with Gasteiger partial charge in [0.15, 0.2) is 6.61 Å². The topological polar surface area (TPSA) is 102 Å². The predicted octanol–water partition coefficient (Wildman–Crippen LogP) is 1.54. The number of benzene rings is 2. The van der Waals surface area contributed by atoms with Crippen molar-refractivity contribution in [3.8, 4) is 5.75 Å². The van der Waals surface area contributed by atoms with Gasteiger partial charge in [-0.25, -0.2) is 0 Å². The second kappa shape index (κ2) is 7.69. The monoisotopic (exact) mass is 353 g/mol. The maximum absolute atomic E-state index is 12.0. The highest BCUT2D eigenvalue weighted by Gasteiger charge is 2.33. The van der Waals surface area contributed by atoms with Gasteiger partial charge < -0.3 is 20.7 Å². The summed E-state index contributed by atoms with van der Waals surface area (Å²) in [5.74, 6) is -0.815. The van der Waals surface area contributed by atoms with E-state index in [0.717, 1.165) is 0 Å². The van der Waals surface area contributed by atoms with E-state index in [0.29, 0.717) is 17.1 Å². The van der Waals surface area contributed by atoms with Crippen molar-refractivity contribution in [3.63, 3.8) is 0 Å². The molecule has 26 heavy (non-hydrogen) atoms. The van der Waals surface area contributed by atoms with Crippen molar-refractivity contribution in [2.24, 2.45) is 11.7 Å². The molecule has 0 aromatic heterocycles. The fraction of sp³-hybridized carbons (Fsp3) is 0.211. The number of primary amides is 1. The number of para-hydroxylation sites is 1. The van der Waals surface area contributed by atoms with Crippen molar-refractivity contribution < 1.29 is 19.1 Å². The van der Waals surface area contributed by atoms with Crippen LogP contribution in [0, 0.1) is 5.92 Å². The quantitative estimate of drug-likeness (QED) is 0.822. The van der Waals surface area contributed by atoms with Crippen LogP contribution in [-0.4, -0.2) is 30.9 Å². The lowest BCUT2D eigenvalue weighted by Gasteiger charge is -2.16. The van der Waals surface area contributed by atoms with Crippen molar-refractivity contribution in [2.45, 2.75) is 6.42 Å². The van der Waals surface area contributed by atoms with Gasteiger partial charge in [0.25, 0.3) is 5.91 Å². The molecule has 3 rings (SSSR count). The lowest BCUT2D eigenvalue weighted by molar-refractivity contribution is -0.123. The Morgan fingerprint density at radius 3 is 2.42 bits per heavy atom. The van der Waals surface area contributed by atoms with E-state index in [4.69, 9.17) is 10.5 Å². The number of carbonyl (C=O) groups excluding carboxylic acids is 3. The molecule has 7 heteroatoms. The summed E-state index contributed by atoms with van der Waals surface area (Å²) in [6, 6.07) is 15.9. The minimum Gasteiger partial charge on any atom is -0.484 e. The smallest absolute Gasteiger partial charge is 0.262 e. The highest BCUT2D eigenvalue weighted by Crippen LogP contribution is 2.26. The highest BCUT2D eigenvalue weighted by atomic mass is 16.5. The molecule has 1 unspecified atom stereocenters. The normalized spacial score (nSPS) is 16.4. The van der Waals surface area contributed by atoms with E-state index in [9.17, 15) is 14.4 Å². The maximum Gasteiger partial charge on any atom is 0.262 e. The Morgan fingerprint density at radius 2 is 1.81 bits per heavy atom. The lowest BCUT2D eigenvalue weighted by atomic mass is 10.1. The average molecular weight is 353 g/mol. The molecule has 3 amide bonds. The van der Waals surface area contributed by atoms with E-state index in [1.54, 1.807) is 36.4 Å². The van der Waals surface area contributed by atoms with Gasteiger partial charge in [-0.3, -0.25) is 14.4 Å². The lowest BCUT2D eigenvalue weighted by Crippen LogP contribution is -2.28. The molecule has 1 atom stereocenters. The molecule has 0 bridgehead atoms. The Balaban J connectivity index is 1.54. The van der Waals surface area contributed by atoms with Crippen LogP contribution in [0.5, 0.6) is 5.75 Å². The maximum atomic E-state index is 12.0.